The number of nitrogens with one attached hydrogen (secondary N) is 1. The maximum absolute atomic E-state index is 14.4. The molecule has 0 spiro atoms. The molecule has 2 fully saturated rings. The number of likely N-dealkylation sites (tertiary alicyclic amines) is 1. The van der Waals surface area contributed by atoms with E-state index in [1.54, 1.807) is 24.7 Å². The van der Waals surface area contributed by atoms with Crippen molar-refractivity contribution in [2.24, 2.45) is 13.0 Å². The SMILES string of the molecule is CC(C)C[C@H](NC(=O)c1ccc(/C=C/c2cncn2C)cc1)C(=O)N1C[C@H](F)C2OCC(=O)[C@H]21. The van der Waals surface area contributed by atoms with Crippen LogP contribution in [-0.2, 0) is 21.4 Å². The van der Waals surface area contributed by atoms with Crippen LogP contribution in [0.2, 0.25) is 0 Å². The predicted molar refractivity (Wildman–Crippen MR) is 124 cm³/mol. The zero-order chi connectivity index (χ0) is 24.4. The molecule has 0 saturated carbocycles. The highest BCUT2D eigenvalue weighted by atomic mass is 19.1. The number of ketones is 1. The Hall–Kier alpha value is -3.33. The molecular formula is C25H29FN4O4. The fourth-order valence-electron chi connectivity index (χ4n) is 4.41. The monoisotopic (exact) mass is 468 g/mol. The number of benzene rings is 1. The zero-order valence-electron chi connectivity index (χ0n) is 19.5. The van der Waals surface area contributed by atoms with E-state index in [0.717, 1.165) is 11.3 Å². The van der Waals surface area contributed by atoms with Gasteiger partial charge in [0, 0.05) is 12.6 Å². The van der Waals surface area contributed by atoms with Crippen molar-refractivity contribution in [1.82, 2.24) is 19.8 Å². The smallest absolute Gasteiger partial charge is 0.251 e. The van der Waals surface area contributed by atoms with Crippen molar-refractivity contribution in [3.8, 4) is 0 Å². The highest BCUT2D eigenvalue weighted by molar-refractivity contribution is 5.99. The van der Waals surface area contributed by atoms with Crippen molar-refractivity contribution in [3.05, 3.63) is 53.6 Å². The average Bonchev–Trinajstić information content (AvgIpc) is 3.49. The van der Waals surface area contributed by atoms with Crippen molar-refractivity contribution >= 4 is 29.7 Å². The second-order valence-corrected chi connectivity index (χ2v) is 9.23. The number of hydrogen-bond acceptors (Lipinski definition) is 5. The lowest BCUT2D eigenvalue weighted by Crippen LogP contribution is -2.52. The Kier molecular flexibility index (Phi) is 6.92. The lowest BCUT2D eigenvalue weighted by Gasteiger charge is -2.28. The van der Waals surface area contributed by atoms with Gasteiger partial charge in [0.25, 0.3) is 5.91 Å². The van der Waals surface area contributed by atoms with Crippen molar-refractivity contribution in [3.63, 3.8) is 0 Å². The minimum absolute atomic E-state index is 0.101. The van der Waals surface area contributed by atoms with Crippen LogP contribution in [0.25, 0.3) is 12.2 Å². The summed E-state index contributed by atoms with van der Waals surface area (Å²) in [5.41, 5.74) is 2.26. The van der Waals surface area contributed by atoms with E-state index < -0.39 is 36.2 Å². The van der Waals surface area contributed by atoms with E-state index in [1.807, 2.05) is 49.7 Å². The molecule has 2 saturated heterocycles. The number of Topliss-reactive ketones (excluding diaryl/α,β-unsaturated/α-hetero) is 1. The number of fused-ring (bicyclic) bond motifs is 1. The lowest BCUT2D eigenvalue weighted by molar-refractivity contribution is -0.138. The normalized spacial score (nSPS) is 23.0. The van der Waals surface area contributed by atoms with Crippen LogP contribution < -0.4 is 5.32 Å². The average molecular weight is 469 g/mol. The Morgan fingerprint density at radius 2 is 2.00 bits per heavy atom. The third kappa shape index (κ3) is 4.94. The molecule has 0 aliphatic carbocycles. The molecule has 2 amide bonds. The van der Waals surface area contributed by atoms with E-state index in [2.05, 4.69) is 10.3 Å². The van der Waals surface area contributed by atoms with Gasteiger partial charge in [-0.15, -0.1) is 0 Å². The number of carbonyl (C=O) groups is 3. The van der Waals surface area contributed by atoms with Gasteiger partial charge in [-0.3, -0.25) is 14.4 Å². The molecule has 2 aliphatic rings. The number of rotatable bonds is 7. The first-order chi connectivity index (χ1) is 16.2. The minimum atomic E-state index is -1.41. The van der Waals surface area contributed by atoms with Crippen LogP contribution in [0.1, 0.15) is 41.9 Å². The number of nitrogens with zero attached hydrogens (tertiary/aromatic N) is 3. The van der Waals surface area contributed by atoms with Gasteiger partial charge in [-0.25, -0.2) is 9.37 Å². The molecule has 4 atom stereocenters. The molecular weight excluding hydrogens is 439 g/mol. The Balaban J connectivity index is 1.45. The number of aromatic nitrogens is 2. The van der Waals surface area contributed by atoms with E-state index in [9.17, 15) is 18.8 Å². The van der Waals surface area contributed by atoms with Crippen LogP contribution in [0.5, 0.6) is 0 Å². The van der Waals surface area contributed by atoms with Gasteiger partial charge in [0.1, 0.15) is 31.0 Å². The Morgan fingerprint density at radius 3 is 2.65 bits per heavy atom. The van der Waals surface area contributed by atoms with Crippen LogP contribution >= 0.6 is 0 Å². The van der Waals surface area contributed by atoms with Crippen molar-refractivity contribution < 1.29 is 23.5 Å². The highest BCUT2D eigenvalue weighted by Gasteiger charge is 2.53. The first kappa shape index (κ1) is 23.8. The first-order valence-electron chi connectivity index (χ1n) is 11.4. The second kappa shape index (κ2) is 9.89. The quantitative estimate of drug-likeness (QED) is 0.673. The third-order valence-corrected chi connectivity index (χ3v) is 6.19. The van der Waals surface area contributed by atoms with Gasteiger partial charge in [0.05, 0.1) is 24.8 Å². The van der Waals surface area contributed by atoms with Crippen LogP contribution in [0, 0.1) is 5.92 Å². The van der Waals surface area contributed by atoms with Crippen molar-refractivity contribution in [1.29, 1.82) is 0 Å². The molecule has 1 aromatic carbocycles. The Labute approximate surface area is 197 Å². The molecule has 9 heteroatoms. The summed E-state index contributed by atoms with van der Waals surface area (Å²) in [5.74, 6) is -1.05. The molecule has 2 aliphatic heterocycles. The molecule has 1 aromatic heterocycles. The van der Waals surface area contributed by atoms with Crippen LogP contribution in [0.15, 0.2) is 36.8 Å². The summed E-state index contributed by atoms with van der Waals surface area (Å²) in [6.07, 6.45) is 5.35. The number of imidazole rings is 1. The van der Waals surface area contributed by atoms with Crippen LogP contribution in [0.4, 0.5) is 4.39 Å². The fourth-order valence-corrected chi connectivity index (χ4v) is 4.41. The molecule has 3 heterocycles. The molecule has 4 rings (SSSR count). The van der Waals surface area contributed by atoms with Crippen LogP contribution in [0.3, 0.4) is 0 Å². The number of ether oxygens (including phenoxy) is 1. The van der Waals surface area contributed by atoms with Gasteiger partial charge in [0.2, 0.25) is 5.91 Å². The zero-order valence-corrected chi connectivity index (χ0v) is 19.5. The van der Waals surface area contributed by atoms with Crippen LogP contribution in [-0.4, -0.2) is 69.6 Å². The standard InChI is InChI=1S/C25H29FN4O4/c1-15(2)10-20(25(33)30-12-19(26)23-22(30)21(31)13-34-23)28-24(32)17-7-4-16(5-8-17)6-9-18-11-27-14-29(18)3/h4-9,11,14-15,19-20,22-23H,10,12-13H2,1-3H3,(H,28,32)/b9-6+/t19-,20-,22+,23?/m0/s1. The number of hydrogen-bond donors (Lipinski definition) is 1. The summed E-state index contributed by atoms with van der Waals surface area (Å²) in [6, 6.07) is 5.22. The summed E-state index contributed by atoms with van der Waals surface area (Å²) >= 11 is 0. The van der Waals surface area contributed by atoms with Gasteiger partial charge >= 0.3 is 0 Å². The highest BCUT2D eigenvalue weighted by Crippen LogP contribution is 2.30. The summed E-state index contributed by atoms with van der Waals surface area (Å²) in [5, 5.41) is 2.80. The van der Waals surface area contributed by atoms with Gasteiger partial charge in [-0.1, -0.05) is 32.1 Å². The van der Waals surface area contributed by atoms with E-state index >= 15 is 0 Å². The Bertz CT molecular complexity index is 1090. The van der Waals surface area contributed by atoms with Gasteiger partial charge in [0.15, 0.2) is 5.78 Å². The number of amides is 2. The number of carbonyl (C=O) groups excluding carboxylic acids is 3. The number of aryl methyl sites for hydroxylation is 1. The fraction of sp³-hybridized carbons (Fsp3) is 0.440. The molecule has 1 unspecified atom stereocenters. The molecule has 8 nitrogen and oxygen atoms in total. The summed E-state index contributed by atoms with van der Waals surface area (Å²) in [7, 11) is 1.90. The molecule has 0 radical (unpaired) electrons. The van der Waals surface area contributed by atoms with Gasteiger partial charge in [-0.2, -0.15) is 0 Å². The van der Waals surface area contributed by atoms with Gasteiger partial charge < -0.3 is 19.5 Å². The topological polar surface area (TPSA) is 93.5 Å². The molecule has 180 valence electrons. The second-order valence-electron chi connectivity index (χ2n) is 9.23. The maximum Gasteiger partial charge on any atom is 0.251 e. The molecule has 1 N–H and O–H groups in total. The summed E-state index contributed by atoms with van der Waals surface area (Å²) in [4.78, 5) is 43.7. The minimum Gasteiger partial charge on any atom is -0.365 e. The van der Waals surface area contributed by atoms with Crippen molar-refractivity contribution in [2.45, 2.75) is 44.6 Å². The molecule has 2 aromatic rings. The largest absolute Gasteiger partial charge is 0.365 e. The van der Waals surface area contributed by atoms with E-state index in [0.29, 0.717) is 12.0 Å². The lowest BCUT2D eigenvalue weighted by atomic mass is 10.0. The molecule has 0 bridgehead atoms. The van der Waals surface area contributed by atoms with E-state index in [4.69, 9.17) is 4.74 Å². The summed E-state index contributed by atoms with van der Waals surface area (Å²) < 4.78 is 21.5. The van der Waals surface area contributed by atoms with Gasteiger partial charge in [-0.05, 0) is 36.1 Å². The number of halogens is 1. The van der Waals surface area contributed by atoms with E-state index in [1.165, 1.54) is 4.90 Å². The maximum atomic E-state index is 14.4. The first-order valence-corrected chi connectivity index (χ1v) is 11.4. The third-order valence-electron chi connectivity index (χ3n) is 6.19. The van der Waals surface area contributed by atoms with E-state index in [-0.39, 0.29) is 24.9 Å². The summed E-state index contributed by atoms with van der Waals surface area (Å²) in [6.45, 7) is 3.47. The molecule has 34 heavy (non-hydrogen) atoms. The number of alkyl halides is 1. The van der Waals surface area contributed by atoms with Crippen molar-refractivity contribution in [2.75, 3.05) is 13.2 Å². The Morgan fingerprint density at radius 1 is 1.26 bits per heavy atom. The predicted octanol–water partition coefficient (Wildman–Crippen LogP) is 2.25.